The van der Waals surface area contributed by atoms with Crippen molar-refractivity contribution in [3.8, 4) is 0 Å². The number of hydrogen-bond donors (Lipinski definition) is 1. The molecule has 1 N–H and O–H groups in total. The molecule has 0 saturated carbocycles. The van der Waals surface area contributed by atoms with E-state index >= 15 is 0 Å². The Morgan fingerprint density at radius 1 is 1.56 bits per heavy atom. The van der Waals surface area contributed by atoms with Gasteiger partial charge in [0.1, 0.15) is 0 Å². The monoisotopic (exact) mass is 245 g/mol. The lowest BCUT2D eigenvalue weighted by Gasteiger charge is -2.23. The minimum atomic E-state index is -2.75. The molecule has 1 fully saturated rings. The van der Waals surface area contributed by atoms with E-state index in [9.17, 15) is 8.42 Å². The Morgan fingerprint density at radius 3 is 2.81 bits per heavy atom. The molecule has 0 radical (unpaired) electrons. The van der Waals surface area contributed by atoms with Gasteiger partial charge < -0.3 is 5.32 Å². The van der Waals surface area contributed by atoms with Gasteiger partial charge in [0, 0.05) is 6.04 Å². The first-order valence-corrected chi connectivity index (χ1v) is 7.96. The number of rotatable bonds is 7. The van der Waals surface area contributed by atoms with E-state index in [0.29, 0.717) is 23.5 Å². The fraction of sp³-hybridized carbons (Fsp3) is 0.833. The molecule has 3 nitrogen and oxygen atoms in total. The van der Waals surface area contributed by atoms with Crippen LogP contribution in [0.3, 0.4) is 0 Å². The summed E-state index contributed by atoms with van der Waals surface area (Å²) < 4.78 is 22.9. The quantitative estimate of drug-likeness (QED) is 0.549. The van der Waals surface area contributed by atoms with Crippen LogP contribution in [0.1, 0.15) is 32.6 Å². The number of allylic oxidation sites excluding steroid dienone is 1. The maximum atomic E-state index is 11.4. The Hall–Kier alpha value is -0.350. The maximum absolute atomic E-state index is 11.4. The molecule has 2 atom stereocenters. The van der Waals surface area contributed by atoms with Crippen molar-refractivity contribution in [2.45, 2.75) is 38.6 Å². The van der Waals surface area contributed by atoms with Crippen molar-refractivity contribution in [2.24, 2.45) is 5.92 Å². The molecule has 1 saturated heterocycles. The van der Waals surface area contributed by atoms with E-state index < -0.39 is 9.84 Å². The van der Waals surface area contributed by atoms with Crippen LogP contribution in [-0.2, 0) is 9.84 Å². The number of nitrogens with one attached hydrogen (secondary N) is 1. The fourth-order valence-electron chi connectivity index (χ4n) is 2.39. The highest BCUT2D eigenvalue weighted by atomic mass is 32.2. The van der Waals surface area contributed by atoms with Gasteiger partial charge in [-0.05, 0) is 38.1 Å². The largest absolute Gasteiger partial charge is 0.314 e. The van der Waals surface area contributed by atoms with E-state index in [4.69, 9.17) is 0 Å². The third-order valence-corrected chi connectivity index (χ3v) is 5.02. The molecule has 1 aliphatic rings. The zero-order valence-corrected chi connectivity index (χ0v) is 10.9. The van der Waals surface area contributed by atoms with Crippen LogP contribution in [0.2, 0.25) is 0 Å². The molecule has 0 aromatic rings. The molecule has 0 aromatic heterocycles. The standard InChI is InChI=1S/C12H23NO2S/c1-3-5-6-7-12(13-4-2)11-8-9-16(14,15)10-11/h3,11-13H,1,4-10H2,2H3. The first-order chi connectivity index (χ1) is 7.59. The summed E-state index contributed by atoms with van der Waals surface area (Å²) in [5, 5.41) is 3.42. The molecule has 1 aliphatic heterocycles. The first-order valence-electron chi connectivity index (χ1n) is 6.13. The summed E-state index contributed by atoms with van der Waals surface area (Å²) in [4.78, 5) is 0. The van der Waals surface area contributed by atoms with E-state index in [2.05, 4.69) is 18.8 Å². The van der Waals surface area contributed by atoms with Crippen LogP contribution in [0.4, 0.5) is 0 Å². The predicted molar refractivity (Wildman–Crippen MR) is 68.3 cm³/mol. The van der Waals surface area contributed by atoms with E-state index in [1.54, 1.807) is 0 Å². The van der Waals surface area contributed by atoms with Gasteiger partial charge >= 0.3 is 0 Å². The Balaban J connectivity index is 2.46. The van der Waals surface area contributed by atoms with Gasteiger partial charge in [0.05, 0.1) is 11.5 Å². The summed E-state index contributed by atoms with van der Waals surface area (Å²) >= 11 is 0. The van der Waals surface area contributed by atoms with Gasteiger partial charge in [-0.25, -0.2) is 8.42 Å². The van der Waals surface area contributed by atoms with Gasteiger partial charge in [-0.15, -0.1) is 6.58 Å². The van der Waals surface area contributed by atoms with Gasteiger partial charge in [0.15, 0.2) is 9.84 Å². The smallest absolute Gasteiger partial charge is 0.150 e. The molecule has 0 aliphatic carbocycles. The first kappa shape index (κ1) is 13.7. The van der Waals surface area contributed by atoms with Crippen LogP contribution >= 0.6 is 0 Å². The van der Waals surface area contributed by atoms with Gasteiger partial charge in [-0.2, -0.15) is 0 Å². The van der Waals surface area contributed by atoms with Crippen LogP contribution in [0, 0.1) is 5.92 Å². The number of hydrogen-bond acceptors (Lipinski definition) is 3. The Morgan fingerprint density at radius 2 is 2.31 bits per heavy atom. The van der Waals surface area contributed by atoms with Crippen molar-refractivity contribution in [3.05, 3.63) is 12.7 Å². The van der Waals surface area contributed by atoms with Crippen LogP contribution < -0.4 is 5.32 Å². The van der Waals surface area contributed by atoms with Gasteiger partial charge in [0.25, 0.3) is 0 Å². The highest BCUT2D eigenvalue weighted by molar-refractivity contribution is 7.91. The zero-order valence-electron chi connectivity index (χ0n) is 10.1. The molecule has 0 aromatic carbocycles. The molecule has 4 heteroatoms. The molecule has 2 unspecified atom stereocenters. The van der Waals surface area contributed by atoms with Gasteiger partial charge in [-0.1, -0.05) is 13.0 Å². The maximum Gasteiger partial charge on any atom is 0.150 e. The summed E-state index contributed by atoms with van der Waals surface area (Å²) in [6.07, 6.45) is 5.92. The van der Waals surface area contributed by atoms with Crippen molar-refractivity contribution in [3.63, 3.8) is 0 Å². The second kappa shape index (κ2) is 6.40. The molecule has 0 spiro atoms. The Bertz CT molecular complexity index is 311. The number of unbranched alkanes of at least 4 members (excludes halogenated alkanes) is 1. The van der Waals surface area contributed by atoms with Crippen molar-refractivity contribution in [2.75, 3.05) is 18.1 Å². The highest BCUT2D eigenvalue weighted by Crippen LogP contribution is 2.24. The topological polar surface area (TPSA) is 46.2 Å². The summed E-state index contributed by atoms with van der Waals surface area (Å²) in [5.74, 6) is 1.06. The van der Waals surface area contributed by atoms with Crippen molar-refractivity contribution in [1.29, 1.82) is 0 Å². The third-order valence-electron chi connectivity index (χ3n) is 3.23. The number of sulfone groups is 1. The predicted octanol–water partition coefficient (Wildman–Crippen LogP) is 1.76. The second-order valence-electron chi connectivity index (χ2n) is 4.55. The van der Waals surface area contributed by atoms with Crippen LogP contribution in [-0.4, -0.2) is 32.5 Å². The summed E-state index contributed by atoms with van der Waals surface area (Å²) in [6, 6.07) is 0.363. The Labute approximate surface area is 99.2 Å². The average Bonchev–Trinajstić information content (AvgIpc) is 2.58. The third kappa shape index (κ3) is 4.26. The highest BCUT2D eigenvalue weighted by Gasteiger charge is 2.32. The lowest BCUT2D eigenvalue weighted by molar-refractivity contribution is 0.361. The molecule has 1 heterocycles. The van der Waals surface area contributed by atoms with Crippen LogP contribution in [0.15, 0.2) is 12.7 Å². The van der Waals surface area contributed by atoms with E-state index in [0.717, 1.165) is 32.2 Å². The minimum absolute atomic E-state index is 0.315. The molecule has 16 heavy (non-hydrogen) atoms. The molecule has 0 amide bonds. The van der Waals surface area contributed by atoms with E-state index in [1.807, 2.05) is 6.08 Å². The summed E-state index contributed by atoms with van der Waals surface area (Å²) in [5.41, 5.74) is 0. The average molecular weight is 245 g/mol. The van der Waals surface area contributed by atoms with Crippen molar-refractivity contribution >= 4 is 9.84 Å². The van der Waals surface area contributed by atoms with Crippen LogP contribution in [0.5, 0.6) is 0 Å². The van der Waals surface area contributed by atoms with E-state index in [-0.39, 0.29) is 0 Å². The van der Waals surface area contributed by atoms with Crippen molar-refractivity contribution < 1.29 is 8.42 Å². The zero-order chi connectivity index (χ0) is 12.0. The Kier molecular flexibility index (Phi) is 5.49. The second-order valence-corrected chi connectivity index (χ2v) is 6.78. The van der Waals surface area contributed by atoms with Gasteiger partial charge in [0.2, 0.25) is 0 Å². The van der Waals surface area contributed by atoms with Crippen molar-refractivity contribution in [1.82, 2.24) is 5.32 Å². The molecular formula is C12H23NO2S. The fourth-order valence-corrected chi connectivity index (χ4v) is 4.27. The molecular weight excluding hydrogens is 222 g/mol. The molecule has 94 valence electrons. The summed E-state index contributed by atoms with van der Waals surface area (Å²) in [7, 11) is -2.75. The summed E-state index contributed by atoms with van der Waals surface area (Å²) in [6.45, 7) is 6.69. The molecule has 0 bridgehead atoms. The SMILES string of the molecule is C=CCCCC(NCC)C1CCS(=O)(=O)C1. The van der Waals surface area contributed by atoms with E-state index in [1.165, 1.54) is 0 Å². The minimum Gasteiger partial charge on any atom is -0.314 e. The lowest BCUT2D eigenvalue weighted by atomic mass is 9.94. The van der Waals surface area contributed by atoms with Crippen LogP contribution in [0.25, 0.3) is 0 Å². The normalized spacial score (nSPS) is 25.4. The molecule has 1 rings (SSSR count). The lowest BCUT2D eigenvalue weighted by Crippen LogP contribution is -2.36. The van der Waals surface area contributed by atoms with Gasteiger partial charge in [-0.3, -0.25) is 0 Å².